The first-order valence-electron chi connectivity index (χ1n) is 19.2. The molecule has 0 radical (unpaired) electrons. The number of aromatic nitrogens is 3. The number of carbonyl (C=O) groups is 1. The van der Waals surface area contributed by atoms with E-state index >= 15 is 8.78 Å². The Balaban J connectivity index is 1.35. The van der Waals surface area contributed by atoms with Crippen molar-refractivity contribution in [2.24, 2.45) is 0 Å². The highest BCUT2D eigenvalue weighted by atomic mass is 31.2. The smallest absolute Gasteiger partial charge is 0.459 e. The average molecular weight is 811 g/mol. The molecule has 0 bridgehead atoms. The summed E-state index contributed by atoms with van der Waals surface area (Å²) in [6.07, 6.45) is 8.54. The molecule has 0 aliphatic carbocycles. The highest BCUT2D eigenvalue weighted by Gasteiger charge is 2.49. The van der Waals surface area contributed by atoms with Gasteiger partial charge in [-0.2, -0.15) is 15.1 Å². The van der Waals surface area contributed by atoms with Gasteiger partial charge in [-0.25, -0.2) is 17.7 Å². The summed E-state index contributed by atoms with van der Waals surface area (Å²) in [5.74, 6) is 0.379. The highest BCUT2D eigenvalue weighted by Crippen LogP contribution is 2.48. The third-order valence-electron chi connectivity index (χ3n) is 10.4. The topological polar surface area (TPSA) is 137 Å². The summed E-state index contributed by atoms with van der Waals surface area (Å²) in [4.78, 5) is 30.5. The minimum atomic E-state index is -4.28. The lowest BCUT2D eigenvalue weighted by molar-refractivity contribution is -0.149. The van der Waals surface area contributed by atoms with E-state index in [0.717, 1.165) is 25.5 Å². The number of carbonyl (C=O) groups excluding carboxylic acids is 1. The minimum absolute atomic E-state index is 0.0101. The van der Waals surface area contributed by atoms with Gasteiger partial charge in [0.2, 0.25) is 0 Å². The van der Waals surface area contributed by atoms with Gasteiger partial charge in [-0.15, -0.1) is 6.42 Å². The molecule has 0 amide bonds. The van der Waals surface area contributed by atoms with E-state index in [9.17, 15) is 13.8 Å². The van der Waals surface area contributed by atoms with E-state index in [0.29, 0.717) is 62.3 Å². The molecular formula is C40H46F3N6O7P. The van der Waals surface area contributed by atoms with Crippen LogP contribution in [0.4, 0.5) is 19.0 Å². The number of pyridine rings is 1. The molecule has 13 nitrogen and oxygen atoms in total. The standard InChI is InChI=1S/C40H46F3N6O7P/c1-6-29-32(42)11-10-26-18-28(56-57(51,54-7-2)47-25(5)38(50)55-24(3)4)19-30(33(26)29)35-34(43)36-31(21-44-35)37(48-13-9-16-52-17-15-48)46-39(45-36)53-23-40-12-8-14-49(40)22-27(41)20-40/h1,10-11,18-19,21,24-25,27H,7-9,12-17,20,22-23H2,2-5H3,(H,47,51)/t25-,27+,40-,57?/m0/s1. The molecule has 0 spiro atoms. The Labute approximate surface area is 329 Å². The van der Waals surface area contributed by atoms with Crippen LogP contribution in [0.5, 0.6) is 11.8 Å². The van der Waals surface area contributed by atoms with Crippen LogP contribution in [-0.2, 0) is 23.4 Å². The number of anilines is 1. The maximum Gasteiger partial charge on any atom is 0.459 e. The van der Waals surface area contributed by atoms with Crippen LogP contribution in [0.15, 0.2) is 30.5 Å². The van der Waals surface area contributed by atoms with Gasteiger partial charge in [0.05, 0.1) is 35.8 Å². The molecule has 4 aromatic rings. The molecule has 1 N–H and O–H groups in total. The zero-order valence-corrected chi connectivity index (χ0v) is 33.3. The van der Waals surface area contributed by atoms with Gasteiger partial charge in [0.25, 0.3) is 0 Å². The number of nitrogens with zero attached hydrogens (tertiary/aromatic N) is 5. The predicted octanol–water partition coefficient (Wildman–Crippen LogP) is 6.74. The summed E-state index contributed by atoms with van der Waals surface area (Å²) in [5, 5.41) is 3.35. The molecule has 17 heteroatoms. The van der Waals surface area contributed by atoms with Crippen LogP contribution in [0.3, 0.4) is 0 Å². The molecule has 1 unspecified atom stereocenters. The number of hydrogen-bond donors (Lipinski definition) is 1. The van der Waals surface area contributed by atoms with Gasteiger partial charge in [0.15, 0.2) is 5.82 Å². The molecule has 57 heavy (non-hydrogen) atoms. The van der Waals surface area contributed by atoms with Crippen molar-refractivity contribution in [2.75, 3.05) is 57.5 Å². The zero-order valence-electron chi connectivity index (χ0n) is 32.4. The number of alkyl halides is 1. The fraction of sp³-hybridized carbons (Fsp3) is 0.500. The fourth-order valence-electron chi connectivity index (χ4n) is 7.94. The molecule has 4 atom stereocenters. The zero-order chi connectivity index (χ0) is 40.5. The van der Waals surface area contributed by atoms with Crippen LogP contribution in [0.1, 0.15) is 58.9 Å². The Hall–Kier alpha value is -4.52. The SMILES string of the molecule is C#Cc1c(F)ccc2cc(OP(=O)(N[C@@H](C)C(=O)OC(C)C)OCC)cc(-c3ncc4c(N5CCCOCC5)nc(OC[C@@]56CCCN5C[C@H](F)C6)nc4c3F)c12. The van der Waals surface area contributed by atoms with Crippen molar-refractivity contribution in [2.45, 2.75) is 77.2 Å². The quantitative estimate of drug-likeness (QED) is 0.0868. The second-order valence-corrected chi connectivity index (χ2v) is 16.5. The van der Waals surface area contributed by atoms with Crippen molar-refractivity contribution in [3.63, 3.8) is 0 Å². The number of esters is 1. The normalized spacial score (nSPS) is 21.6. The van der Waals surface area contributed by atoms with E-state index in [-0.39, 0.29) is 52.7 Å². The van der Waals surface area contributed by atoms with Crippen LogP contribution in [-0.4, -0.2) is 102 Å². The number of fused-ring (bicyclic) bond motifs is 3. The number of hydrogen-bond acceptors (Lipinski definition) is 12. The Bertz CT molecular complexity index is 2250. The lowest BCUT2D eigenvalue weighted by atomic mass is 9.95. The van der Waals surface area contributed by atoms with Crippen LogP contribution in [0.2, 0.25) is 0 Å². The van der Waals surface area contributed by atoms with E-state index in [1.165, 1.54) is 31.3 Å². The highest BCUT2D eigenvalue weighted by molar-refractivity contribution is 7.52. The third kappa shape index (κ3) is 8.40. The van der Waals surface area contributed by atoms with E-state index in [4.69, 9.17) is 34.7 Å². The summed E-state index contributed by atoms with van der Waals surface area (Å²) in [6, 6.07) is 4.18. The number of ether oxygens (including phenoxy) is 3. The van der Waals surface area contributed by atoms with E-state index in [1.807, 2.05) is 4.90 Å². The van der Waals surface area contributed by atoms with E-state index < -0.39 is 49.2 Å². The molecule has 2 aromatic heterocycles. The summed E-state index contributed by atoms with van der Waals surface area (Å²) < 4.78 is 90.0. The summed E-state index contributed by atoms with van der Waals surface area (Å²) in [6.45, 7) is 9.56. The summed E-state index contributed by atoms with van der Waals surface area (Å²) in [5.41, 5.74) is -1.05. The Morgan fingerprint density at radius 1 is 1.16 bits per heavy atom. The third-order valence-corrected chi connectivity index (χ3v) is 12.2. The molecule has 3 saturated heterocycles. The van der Waals surface area contributed by atoms with Crippen molar-refractivity contribution in [1.82, 2.24) is 24.9 Å². The molecule has 3 aliphatic heterocycles. The van der Waals surface area contributed by atoms with Crippen molar-refractivity contribution in [3.05, 3.63) is 47.7 Å². The Kier molecular flexibility index (Phi) is 12.0. The molecule has 5 heterocycles. The first-order chi connectivity index (χ1) is 27.3. The molecular weight excluding hydrogens is 764 g/mol. The van der Waals surface area contributed by atoms with Gasteiger partial charge >= 0.3 is 19.7 Å². The lowest BCUT2D eigenvalue weighted by Gasteiger charge is -2.31. The number of nitrogens with one attached hydrogen (secondary N) is 1. The summed E-state index contributed by atoms with van der Waals surface area (Å²) in [7, 11) is -4.28. The van der Waals surface area contributed by atoms with Crippen LogP contribution < -0.4 is 19.2 Å². The fourth-order valence-corrected chi connectivity index (χ4v) is 9.42. The number of rotatable bonds is 13. The summed E-state index contributed by atoms with van der Waals surface area (Å²) >= 11 is 0. The van der Waals surface area contributed by atoms with E-state index in [1.54, 1.807) is 20.8 Å². The van der Waals surface area contributed by atoms with Gasteiger partial charge in [-0.3, -0.25) is 19.2 Å². The second kappa shape index (κ2) is 16.8. The van der Waals surface area contributed by atoms with Crippen LogP contribution >= 0.6 is 7.75 Å². The molecule has 2 aromatic carbocycles. The maximum atomic E-state index is 17.3. The number of benzene rings is 2. The minimum Gasteiger partial charge on any atom is -0.462 e. The maximum absolute atomic E-state index is 17.3. The largest absolute Gasteiger partial charge is 0.462 e. The molecule has 304 valence electrons. The van der Waals surface area contributed by atoms with Crippen LogP contribution in [0, 0.1) is 24.0 Å². The number of halogens is 3. The first-order valence-corrected chi connectivity index (χ1v) is 20.7. The second-order valence-electron chi connectivity index (χ2n) is 14.8. The predicted molar refractivity (Wildman–Crippen MR) is 208 cm³/mol. The van der Waals surface area contributed by atoms with Gasteiger partial charge < -0.3 is 23.6 Å². The van der Waals surface area contributed by atoms with Crippen molar-refractivity contribution in [1.29, 1.82) is 0 Å². The molecule has 0 saturated carbocycles. The van der Waals surface area contributed by atoms with E-state index in [2.05, 4.69) is 25.9 Å². The Morgan fingerprint density at radius 2 is 1.98 bits per heavy atom. The average Bonchev–Trinajstić information content (AvgIpc) is 3.55. The molecule has 3 aliphatic rings. The Morgan fingerprint density at radius 3 is 2.75 bits per heavy atom. The molecule has 7 rings (SSSR count). The number of terminal acetylenes is 1. The van der Waals surface area contributed by atoms with Gasteiger partial charge in [0, 0.05) is 49.8 Å². The van der Waals surface area contributed by atoms with Gasteiger partial charge in [-0.1, -0.05) is 12.0 Å². The van der Waals surface area contributed by atoms with Gasteiger partial charge in [-0.05, 0) is 77.1 Å². The first kappa shape index (κ1) is 40.7. The van der Waals surface area contributed by atoms with Gasteiger partial charge in [0.1, 0.15) is 47.4 Å². The molecule has 3 fully saturated rings. The van der Waals surface area contributed by atoms with Crippen molar-refractivity contribution < 1.29 is 45.8 Å². The van der Waals surface area contributed by atoms with Crippen molar-refractivity contribution in [3.8, 4) is 35.4 Å². The monoisotopic (exact) mass is 810 g/mol. The lowest BCUT2D eigenvalue weighted by Crippen LogP contribution is -2.43. The van der Waals surface area contributed by atoms with Crippen molar-refractivity contribution >= 4 is 41.2 Å². The van der Waals surface area contributed by atoms with Crippen LogP contribution in [0.25, 0.3) is 32.9 Å².